The number of esters is 1. The highest BCUT2D eigenvalue weighted by atomic mass is 19.4. The van der Waals surface area contributed by atoms with Crippen molar-refractivity contribution in [3.8, 4) is 5.75 Å². The molecule has 0 radical (unpaired) electrons. The van der Waals surface area contributed by atoms with Gasteiger partial charge in [-0.3, -0.25) is 0 Å². The Bertz CT molecular complexity index is 690. The zero-order chi connectivity index (χ0) is 19.9. The van der Waals surface area contributed by atoms with Crippen LogP contribution in [-0.4, -0.2) is 38.1 Å². The van der Waals surface area contributed by atoms with Gasteiger partial charge in [0, 0.05) is 17.4 Å². The highest BCUT2D eigenvalue weighted by Gasteiger charge is 2.67. The van der Waals surface area contributed by atoms with Crippen LogP contribution in [0.5, 0.6) is 5.75 Å². The van der Waals surface area contributed by atoms with Crippen molar-refractivity contribution < 1.29 is 41.0 Å². The molecule has 4 atom stereocenters. The van der Waals surface area contributed by atoms with Crippen molar-refractivity contribution in [1.82, 2.24) is 0 Å². The first-order chi connectivity index (χ1) is 12.0. The van der Waals surface area contributed by atoms with E-state index in [4.69, 9.17) is 9.47 Å². The second-order valence-electron chi connectivity index (χ2n) is 6.19. The van der Waals surface area contributed by atoms with E-state index in [1.807, 2.05) is 0 Å². The van der Waals surface area contributed by atoms with Gasteiger partial charge in [0.1, 0.15) is 0 Å². The molecule has 9 heteroatoms. The topological polar surface area (TPSA) is 44.8 Å². The minimum Gasteiger partial charge on any atom is -0.493 e. The Morgan fingerprint density at radius 3 is 2.35 bits per heavy atom. The van der Waals surface area contributed by atoms with Gasteiger partial charge in [-0.2, -0.15) is 17.6 Å². The van der Waals surface area contributed by atoms with Gasteiger partial charge >= 0.3 is 12.1 Å². The van der Waals surface area contributed by atoms with Gasteiger partial charge < -0.3 is 14.2 Å². The maximum absolute atomic E-state index is 14.1. The van der Waals surface area contributed by atoms with Crippen molar-refractivity contribution in [2.45, 2.75) is 44.1 Å². The summed E-state index contributed by atoms with van der Waals surface area (Å²) in [5, 5.41) is 0. The van der Waals surface area contributed by atoms with Gasteiger partial charge in [0.15, 0.2) is 23.3 Å². The smallest absolute Gasteiger partial charge is 0.417 e. The number of methoxy groups -OCH3 is 2. The first kappa shape index (κ1) is 20.4. The van der Waals surface area contributed by atoms with E-state index in [1.165, 1.54) is 6.92 Å². The Balaban J connectivity index is 2.70. The number of hydrogen-bond acceptors (Lipinski definition) is 4. The summed E-state index contributed by atoms with van der Waals surface area (Å²) in [5.74, 6) is -6.63. The number of carbonyl (C=O) groups is 1. The van der Waals surface area contributed by atoms with Crippen LogP contribution in [0.15, 0.2) is 12.1 Å². The monoisotopic (exact) mass is 382 g/mol. The zero-order valence-corrected chi connectivity index (χ0v) is 14.6. The minimum atomic E-state index is -4.79. The van der Waals surface area contributed by atoms with Gasteiger partial charge in [-0.25, -0.2) is 9.18 Å². The molecule has 0 N–H and O–H groups in total. The first-order valence-electron chi connectivity index (χ1n) is 7.87. The molecule has 1 heterocycles. The average Bonchev–Trinajstić information content (AvgIpc) is 2.89. The fourth-order valence-electron chi connectivity index (χ4n) is 3.61. The van der Waals surface area contributed by atoms with Gasteiger partial charge in [-0.05, 0) is 19.4 Å². The van der Waals surface area contributed by atoms with Gasteiger partial charge in [0.2, 0.25) is 5.82 Å². The molecular formula is C17H19F5O4. The molecule has 2 rings (SSSR count). The third-order valence-electron chi connectivity index (χ3n) is 4.92. The fraction of sp³-hybridized carbons (Fsp3) is 0.588. The lowest BCUT2D eigenvalue weighted by atomic mass is 9.74. The lowest BCUT2D eigenvalue weighted by molar-refractivity contribution is -0.275. The summed E-state index contributed by atoms with van der Waals surface area (Å²) >= 11 is 0. The average molecular weight is 382 g/mol. The maximum Gasteiger partial charge on any atom is 0.417 e. The normalized spacial score (nSPS) is 28.9. The van der Waals surface area contributed by atoms with E-state index in [2.05, 4.69) is 4.74 Å². The summed E-state index contributed by atoms with van der Waals surface area (Å²) in [6.07, 6.45) is -6.47. The summed E-state index contributed by atoms with van der Waals surface area (Å²) in [6.45, 7) is 2.33. The van der Waals surface area contributed by atoms with Crippen LogP contribution in [0, 0.1) is 17.6 Å². The number of hydrogen-bond donors (Lipinski definition) is 0. The van der Waals surface area contributed by atoms with Crippen molar-refractivity contribution in [2.75, 3.05) is 14.2 Å². The molecule has 0 bridgehead atoms. The molecule has 0 aliphatic carbocycles. The highest BCUT2D eigenvalue weighted by molar-refractivity contribution is 5.77. The molecule has 146 valence electrons. The molecule has 1 aromatic rings. The Hall–Kier alpha value is -1.90. The minimum absolute atomic E-state index is 0.0314. The fourth-order valence-corrected chi connectivity index (χ4v) is 3.61. The van der Waals surface area contributed by atoms with Crippen LogP contribution in [0.1, 0.15) is 31.7 Å². The molecule has 0 spiro atoms. The number of alkyl halides is 3. The molecular weight excluding hydrogens is 363 g/mol. The molecule has 1 aromatic carbocycles. The second kappa shape index (κ2) is 7.02. The Morgan fingerprint density at radius 2 is 1.88 bits per heavy atom. The zero-order valence-electron chi connectivity index (χ0n) is 14.6. The molecule has 0 amide bonds. The van der Waals surface area contributed by atoms with Gasteiger partial charge in [-0.1, -0.05) is 13.0 Å². The van der Waals surface area contributed by atoms with Crippen LogP contribution in [0.4, 0.5) is 22.0 Å². The summed E-state index contributed by atoms with van der Waals surface area (Å²) in [7, 11) is 2.07. The van der Waals surface area contributed by atoms with Crippen molar-refractivity contribution in [2.24, 2.45) is 5.92 Å². The number of halogens is 5. The van der Waals surface area contributed by atoms with Crippen LogP contribution < -0.4 is 4.74 Å². The van der Waals surface area contributed by atoms with E-state index >= 15 is 0 Å². The molecule has 0 saturated carbocycles. The molecule has 0 aromatic heterocycles. The lowest BCUT2D eigenvalue weighted by Crippen LogP contribution is -2.48. The van der Waals surface area contributed by atoms with Crippen LogP contribution in [0.25, 0.3) is 0 Å². The van der Waals surface area contributed by atoms with Crippen LogP contribution >= 0.6 is 0 Å². The molecule has 26 heavy (non-hydrogen) atoms. The Morgan fingerprint density at radius 1 is 1.27 bits per heavy atom. The lowest BCUT2D eigenvalue weighted by Gasteiger charge is -2.33. The van der Waals surface area contributed by atoms with Crippen LogP contribution in [0.2, 0.25) is 0 Å². The number of carbonyl (C=O) groups excluding carboxylic acids is 1. The van der Waals surface area contributed by atoms with Crippen molar-refractivity contribution >= 4 is 5.97 Å². The van der Waals surface area contributed by atoms with Crippen molar-refractivity contribution in [1.29, 1.82) is 0 Å². The molecule has 1 fully saturated rings. The summed E-state index contributed by atoms with van der Waals surface area (Å²) < 4.78 is 83.3. The van der Waals surface area contributed by atoms with E-state index in [1.54, 1.807) is 0 Å². The third kappa shape index (κ3) is 3.02. The van der Waals surface area contributed by atoms with Crippen molar-refractivity contribution in [3.63, 3.8) is 0 Å². The first-order valence-corrected chi connectivity index (χ1v) is 7.87. The van der Waals surface area contributed by atoms with E-state index in [9.17, 15) is 26.7 Å². The van der Waals surface area contributed by atoms with E-state index < -0.39 is 53.1 Å². The maximum atomic E-state index is 14.1. The summed E-state index contributed by atoms with van der Waals surface area (Å²) in [4.78, 5) is 12.1. The molecule has 1 saturated heterocycles. The number of benzene rings is 1. The Kier molecular flexibility index (Phi) is 5.51. The number of rotatable bonds is 4. The predicted octanol–water partition coefficient (Wildman–Crippen LogP) is 3.98. The van der Waals surface area contributed by atoms with E-state index in [0.717, 1.165) is 33.3 Å². The van der Waals surface area contributed by atoms with Crippen LogP contribution in [0.3, 0.4) is 0 Å². The van der Waals surface area contributed by atoms with Gasteiger partial charge in [0.25, 0.3) is 0 Å². The van der Waals surface area contributed by atoms with E-state index in [-0.39, 0.29) is 12.0 Å². The predicted molar refractivity (Wildman–Crippen MR) is 80.8 cm³/mol. The van der Waals surface area contributed by atoms with Crippen molar-refractivity contribution in [3.05, 3.63) is 29.3 Å². The molecule has 0 unspecified atom stereocenters. The van der Waals surface area contributed by atoms with Gasteiger partial charge in [-0.15, -0.1) is 0 Å². The van der Waals surface area contributed by atoms with Crippen LogP contribution in [-0.2, 0) is 14.3 Å². The largest absolute Gasteiger partial charge is 0.493 e. The quantitative estimate of drug-likeness (QED) is 0.584. The summed E-state index contributed by atoms with van der Waals surface area (Å²) in [5.41, 5.74) is -2.75. The van der Waals surface area contributed by atoms with Gasteiger partial charge in [0.05, 0.1) is 14.2 Å². The molecule has 1 aliphatic rings. The summed E-state index contributed by atoms with van der Waals surface area (Å²) in [6, 6.07) is 1.88. The second-order valence-corrected chi connectivity index (χ2v) is 6.19. The molecule has 4 nitrogen and oxygen atoms in total. The standard InChI is InChI=1S/C17H19F5O4/c1-5-9-11(8-6-7-10(18)12(19)13(8)24-3)14(15(23)25-4)26-16(9,2)17(20,21)22/h6-7,9,11,14H,5H2,1-4H3/t9-,11+,14+,16+/m0/s1. The van der Waals surface area contributed by atoms with E-state index in [0.29, 0.717) is 0 Å². The number of ether oxygens (including phenoxy) is 3. The third-order valence-corrected chi connectivity index (χ3v) is 4.92. The highest BCUT2D eigenvalue weighted by Crippen LogP contribution is 2.56. The molecule has 1 aliphatic heterocycles. The Labute approximate surface area is 147 Å². The SMILES string of the molecule is CC[C@H]1[C@@H](c2ccc(F)c(F)c2OC)[C@H](C(=O)OC)O[C@@]1(C)C(F)(F)F.